The van der Waals surface area contributed by atoms with Gasteiger partial charge in [-0.2, -0.15) is 8.78 Å². The summed E-state index contributed by atoms with van der Waals surface area (Å²) < 4.78 is 69.1. The summed E-state index contributed by atoms with van der Waals surface area (Å²) in [5.74, 6) is -1.05. The van der Waals surface area contributed by atoms with Crippen molar-refractivity contribution in [2.75, 3.05) is 6.61 Å². The predicted octanol–water partition coefficient (Wildman–Crippen LogP) is 3.82. The number of halogens is 5. The second-order valence-electron chi connectivity index (χ2n) is 6.82. The first-order valence-corrected chi connectivity index (χ1v) is 9.41. The number of nitrogens with one attached hydrogen (secondary N) is 1. The summed E-state index contributed by atoms with van der Waals surface area (Å²) in [6.07, 6.45) is -4.62. The summed E-state index contributed by atoms with van der Waals surface area (Å²) in [4.78, 5) is 15.7. The number of ether oxygens (including phenoxy) is 1. The van der Waals surface area contributed by atoms with E-state index in [1.165, 1.54) is 18.2 Å². The van der Waals surface area contributed by atoms with E-state index in [1.54, 1.807) is 0 Å². The van der Waals surface area contributed by atoms with Crippen molar-refractivity contribution in [3.05, 3.63) is 60.4 Å². The van der Waals surface area contributed by atoms with Gasteiger partial charge in [0.1, 0.15) is 18.2 Å². The maximum atomic E-state index is 13.7. The number of carbonyl (C=O) groups is 1. The third-order valence-corrected chi connectivity index (χ3v) is 4.72. The molecular weight excluding hydrogens is 453 g/mol. The molecule has 176 valence electrons. The van der Waals surface area contributed by atoms with E-state index in [0.29, 0.717) is 10.1 Å². The minimum atomic E-state index is -4.89. The molecule has 33 heavy (non-hydrogen) atoms. The van der Waals surface area contributed by atoms with E-state index in [1.807, 2.05) is 0 Å². The number of aliphatic hydroxyl groups is 2. The van der Waals surface area contributed by atoms with E-state index in [2.05, 4.69) is 21.6 Å². The number of aliphatic hydroxyl groups excluding tert-OH is 2. The molecule has 3 rings (SSSR count). The first-order valence-electron chi connectivity index (χ1n) is 9.41. The summed E-state index contributed by atoms with van der Waals surface area (Å²) in [5, 5.41) is 22.3. The van der Waals surface area contributed by atoms with Gasteiger partial charge in [-0.25, -0.2) is 4.98 Å². The highest BCUT2D eigenvalue weighted by molar-refractivity contribution is 5.95. The number of hydrogen-bond donors (Lipinski definition) is 3. The van der Waals surface area contributed by atoms with Gasteiger partial charge in [0.15, 0.2) is 0 Å². The lowest BCUT2D eigenvalue weighted by molar-refractivity contribution is -0.274. The Morgan fingerprint density at radius 2 is 1.94 bits per heavy atom. The maximum Gasteiger partial charge on any atom is 0.573 e. The van der Waals surface area contributed by atoms with Crippen molar-refractivity contribution in [1.29, 1.82) is 0 Å². The molecule has 0 saturated heterocycles. The molecule has 1 amide bonds. The number of alkyl halides is 5. The molecule has 0 aliphatic carbocycles. The van der Waals surface area contributed by atoms with Crippen molar-refractivity contribution >= 4 is 16.9 Å². The standard InChI is InChI=1S/C21H18F5N3O4/c1-2-16(32)27-8-12-7-14(11-3-5-13(6-4-11)33-21(24,25)26)18-19(17(12)15(31)9-30)29(10-28-18)20(22)23/h2-7,10,15,20,30-31H,1,8-9H2,(H,27,32)/t15-/m0/s1. The van der Waals surface area contributed by atoms with Gasteiger partial charge in [0, 0.05) is 17.7 Å². The Bertz CT molecular complexity index is 1160. The monoisotopic (exact) mass is 471 g/mol. The minimum Gasteiger partial charge on any atom is -0.406 e. The zero-order chi connectivity index (χ0) is 24.3. The van der Waals surface area contributed by atoms with Crippen molar-refractivity contribution in [3.8, 4) is 16.9 Å². The van der Waals surface area contributed by atoms with Crippen LogP contribution in [-0.2, 0) is 11.3 Å². The fourth-order valence-electron chi connectivity index (χ4n) is 3.37. The topological polar surface area (TPSA) is 96.6 Å². The summed E-state index contributed by atoms with van der Waals surface area (Å²) in [5.41, 5.74) is 0.501. The number of hydrogen-bond acceptors (Lipinski definition) is 5. The largest absolute Gasteiger partial charge is 0.573 e. The second-order valence-corrected chi connectivity index (χ2v) is 6.82. The highest BCUT2D eigenvalue weighted by atomic mass is 19.4. The van der Waals surface area contributed by atoms with E-state index in [-0.39, 0.29) is 34.3 Å². The van der Waals surface area contributed by atoms with Crippen LogP contribution in [0.5, 0.6) is 5.75 Å². The van der Waals surface area contributed by atoms with Gasteiger partial charge in [0.25, 0.3) is 0 Å². The van der Waals surface area contributed by atoms with Crippen LogP contribution >= 0.6 is 0 Å². The molecule has 3 N–H and O–H groups in total. The van der Waals surface area contributed by atoms with Gasteiger partial charge in [-0.3, -0.25) is 9.36 Å². The van der Waals surface area contributed by atoms with Crippen LogP contribution in [0.25, 0.3) is 22.2 Å². The van der Waals surface area contributed by atoms with Gasteiger partial charge in [0.2, 0.25) is 5.91 Å². The third kappa shape index (κ3) is 5.29. The van der Waals surface area contributed by atoms with Crippen LogP contribution in [0.15, 0.2) is 49.3 Å². The molecule has 0 fully saturated rings. The predicted molar refractivity (Wildman–Crippen MR) is 107 cm³/mol. The highest BCUT2D eigenvalue weighted by Gasteiger charge is 2.31. The van der Waals surface area contributed by atoms with E-state index < -0.39 is 37.3 Å². The summed E-state index contributed by atoms with van der Waals surface area (Å²) in [6, 6.07) is 6.11. The number of benzene rings is 2. The molecule has 0 unspecified atom stereocenters. The number of amides is 1. The van der Waals surface area contributed by atoms with Gasteiger partial charge in [0.05, 0.1) is 17.6 Å². The van der Waals surface area contributed by atoms with Crippen LogP contribution in [0, 0.1) is 0 Å². The molecule has 0 bridgehead atoms. The van der Waals surface area contributed by atoms with Crippen LogP contribution in [0.2, 0.25) is 0 Å². The number of imidazole rings is 1. The smallest absolute Gasteiger partial charge is 0.406 e. The van der Waals surface area contributed by atoms with Crippen LogP contribution in [0.4, 0.5) is 22.0 Å². The maximum absolute atomic E-state index is 13.7. The number of rotatable bonds is 8. The third-order valence-electron chi connectivity index (χ3n) is 4.72. The van der Waals surface area contributed by atoms with Crippen molar-refractivity contribution in [3.63, 3.8) is 0 Å². The van der Waals surface area contributed by atoms with Gasteiger partial charge in [-0.05, 0) is 35.4 Å². The fourth-order valence-corrected chi connectivity index (χ4v) is 3.37. The molecule has 0 spiro atoms. The van der Waals surface area contributed by atoms with Crippen LogP contribution in [-0.4, -0.2) is 38.6 Å². The Morgan fingerprint density at radius 3 is 2.48 bits per heavy atom. The summed E-state index contributed by atoms with van der Waals surface area (Å²) in [7, 11) is 0. The van der Waals surface area contributed by atoms with E-state index in [4.69, 9.17) is 0 Å². The molecule has 12 heteroatoms. The summed E-state index contributed by atoms with van der Waals surface area (Å²) >= 11 is 0. The van der Waals surface area contributed by atoms with Gasteiger partial charge >= 0.3 is 12.9 Å². The molecule has 0 aliphatic heterocycles. The molecule has 1 atom stereocenters. The Labute approximate surface area is 183 Å². The van der Waals surface area contributed by atoms with E-state index >= 15 is 0 Å². The Hall–Kier alpha value is -3.51. The van der Waals surface area contributed by atoms with Crippen LogP contribution < -0.4 is 10.1 Å². The van der Waals surface area contributed by atoms with Crippen LogP contribution in [0.1, 0.15) is 23.8 Å². The molecule has 0 aliphatic rings. The van der Waals surface area contributed by atoms with E-state index in [0.717, 1.165) is 24.5 Å². The fraction of sp³-hybridized carbons (Fsp3) is 0.238. The van der Waals surface area contributed by atoms with Crippen molar-refractivity contribution in [1.82, 2.24) is 14.9 Å². The zero-order valence-electron chi connectivity index (χ0n) is 16.8. The van der Waals surface area contributed by atoms with Crippen molar-refractivity contribution < 1.29 is 41.7 Å². The Morgan fingerprint density at radius 1 is 1.27 bits per heavy atom. The normalized spacial score (nSPS) is 12.7. The highest BCUT2D eigenvalue weighted by Crippen LogP contribution is 2.38. The molecule has 1 aromatic heterocycles. The Kier molecular flexibility index (Phi) is 6.98. The van der Waals surface area contributed by atoms with E-state index in [9.17, 15) is 37.0 Å². The van der Waals surface area contributed by atoms with Gasteiger partial charge in [-0.15, -0.1) is 13.2 Å². The SMILES string of the molecule is C=CC(=O)NCc1cc(-c2ccc(OC(F)(F)F)cc2)c2ncn(C(F)F)c2c1[C@@H](O)CO. The summed E-state index contributed by atoms with van der Waals surface area (Å²) in [6.45, 7) is -0.746. The average molecular weight is 471 g/mol. The van der Waals surface area contributed by atoms with Gasteiger partial charge in [-0.1, -0.05) is 18.7 Å². The van der Waals surface area contributed by atoms with Crippen molar-refractivity contribution in [2.45, 2.75) is 25.6 Å². The molecular formula is C21H18F5N3O4. The number of fused-ring (bicyclic) bond motifs is 1. The molecule has 1 heterocycles. The second kappa shape index (κ2) is 9.55. The number of aromatic nitrogens is 2. The first kappa shape index (κ1) is 24.1. The molecule has 2 aromatic carbocycles. The molecule has 3 aromatic rings. The lowest BCUT2D eigenvalue weighted by atomic mass is 9.93. The number of carbonyl (C=O) groups excluding carboxylic acids is 1. The van der Waals surface area contributed by atoms with Gasteiger partial charge < -0.3 is 20.3 Å². The molecule has 0 saturated carbocycles. The Balaban J connectivity index is 2.22. The van der Waals surface area contributed by atoms with Crippen LogP contribution in [0.3, 0.4) is 0 Å². The molecule has 0 radical (unpaired) electrons. The molecule has 7 nitrogen and oxygen atoms in total. The zero-order valence-corrected chi connectivity index (χ0v) is 16.8. The number of nitrogens with zero attached hydrogens (tertiary/aromatic N) is 2. The lowest BCUT2D eigenvalue weighted by Crippen LogP contribution is -2.22. The quantitative estimate of drug-likeness (QED) is 0.343. The lowest BCUT2D eigenvalue weighted by Gasteiger charge is -2.19. The van der Waals surface area contributed by atoms with Crippen molar-refractivity contribution in [2.24, 2.45) is 0 Å². The average Bonchev–Trinajstić information content (AvgIpc) is 3.20. The first-order chi connectivity index (χ1) is 15.6. The minimum absolute atomic E-state index is 0.0149.